The number of hydrogen-bond acceptors (Lipinski definition) is 10. The maximum atomic E-state index is 12.7. The summed E-state index contributed by atoms with van der Waals surface area (Å²) in [6, 6.07) is 88.0. The summed E-state index contributed by atoms with van der Waals surface area (Å²) in [5.41, 5.74) is 18.2. The van der Waals surface area contributed by atoms with Crippen LogP contribution in [0.3, 0.4) is 0 Å². The number of benzene rings is 8. The summed E-state index contributed by atoms with van der Waals surface area (Å²) in [5.74, 6) is 0.609. The first-order chi connectivity index (χ1) is 53.4. The Hall–Kier alpha value is -8.11. The molecule has 20 heteroatoms. The van der Waals surface area contributed by atoms with Crippen LogP contribution in [-0.4, -0.2) is 78.7 Å². The predicted molar refractivity (Wildman–Crippen MR) is 478 cm³/mol. The molecule has 596 valence electrons. The van der Waals surface area contributed by atoms with Crippen molar-refractivity contribution in [2.45, 2.75) is 122 Å². The van der Waals surface area contributed by atoms with Crippen LogP contribution in [0.15, 0.2) is 268 Å². The zero-order chi connectivity index (χ0) is 78.8. The Kier molecular flexibility index (Phi) is 27.1. The van der Waals surface area contributed by atoms with Crippen molar-refractivity contribution in [1.82, 2.24) is 29.9 Å². The minimum absolute atomic E-state index is 0. The molecule has 0 atom stereocenters. The number of hydrogen-bond donors (Lipinski definition) is 0. The molecule has 0 saturated heterocycles. The fourth-order valence-corrected chi connectivity index (χ4v) is 27.2. The molecule has 0 fully saturated rings. The number of aryl methyl sites for hydroxylation is 2. The van der Waals surface area contributed by atoms with Gasteiger partial charge in [0.1, 0.15) is 25.0 Å². The average Bonchev–Trinajstić information content (AvgIpc) is 1.53. The molecule has 18 rings (SSSR count). The maximum absolute atomic E-state index is 12.7. The van der Waals surface area contributed by atoms with E-state index in [-0.39, 0.29) is 80.4 Å². The normalized spacial score (nSPS) is 12.9. The third kappa shape index (κ3) is 17.8. The molecule has 0 unspecified atom stereocenters. The molecule has 0 saturated carbocycles. The third-order valence-electron chi connectivity index (χ3n) is 21.3. The van der Waals surface area contributed by atoms with Crippen LogP contribution in [0.2, 0.25) is 78.6 Å². The molecule has 8 aromatic carbocycles. The molecular weight excluding hydrogens is 2240 g/mol. The van der Waals surface area contributed by atoms with Gasteiger partial charge in [-0.3, -0.25) is 4.98 Å². The van der Waals surface area contributed by atoms with Crippen molar-refractivity contribution < 1.29 is 97.7 Å². The SMILES string of the molecule is CC(C)Cc1cc(-c2[c-]nc3oc4ccccc4c3c2)ncc1[Si](C)(C)C.C[Si](C)(C)c1ccnc(-c2[c-]cc3c(c2)-c2ccccc2S3(=O)=O)c1.C[Si](C)(C)c1ccnc(-c2[c-]cc3c(c2)-c2ccccc2[Si]3(c2ccccc2)c2ccccc2)c1.Cc1cc2c(oc3c[c-]c(-c4ccc([Si](C)(C)C)cn4)cc32)c(C)n1.[Ir].[Ir].[Ir].[Ir]. The van der Waals surface area contributed by atoms with Crippen LogP contribution in [0.4, 0.5) is 0 Å². The Morgan fingerprint density at radius 3 is 1.58 bits per heavy atom. The van der Waals surface area contributed by atoms with Crippen LogP contribution in [0.25, 0.3) is 111 Å². The molecule has 10 heterocycles. The molecule has 0 spiro atoms. The van der Waals surface area contributed by atoms with Gasteiger partial charge in [0.05, 0.1) is 48.5 Å². The Morgan fingerprint density at radius 1 is 0.422 bits per heavy atom. The van der Waals surface area contributed by atoms with Crippen molar-refractivity contribution in [2.24, 2.45) is 5.92 Å². The predicted octanol–water partition coefficient (Wildman–Crippen LogP) is 18.9. The van der Waals surface area contributed by atoms with Crippen LogP contribution in [0.5, 0.6) is 0 Å². The van der Waals surface area contributed by atoms with E-state index < -0.39 is 50.2 Å². The van der Waals surface area contributed by atoms with Crippen molar-refractivity contribution >= 4 is 136 Å². The summed E-state index contributed by atoms with van der Waals surface area (Å²) in [5, 5.41) is 15.6. The van der Waals surface area contributed by atoms with E-state index in [1.165, 1.54) is 58.2 Å². The van der Waals surface area contributed by atoms with E-state index in [4.69, 9.17) is 18.8 Å². The summed E-state index contributed by atoms with van der Waals surface area (Å²) < 4.78 is 37.2. The minimum atomic E-state index is -3.44. The molecule has 10 nitrogen and oxygen atoms in total. The van der Waals surface area contributed by atoms with Gasteiger partial charge in [-0.15, -0.1) is 88.1 Å². The molecule has 16 aromatic rings. The summed E-state index contributed by atoms with van der Waals surface area (Å²) >= 11 is 0. The topological polar surface area (TPSA) is 138 Å². The number of nitrogens with zero attached hydrogens (tertiary/aromatic N) is 6. The summed E-state index contributed by atoms with van der Waals surface area (Å²) in [7, 11) is -11.5. The third-order valence-corrected chi connectivity index (χ3v) is 36.2. The second-order valence-corrected chi connectivity index (χ2v) is 59.9. The van der Waals surface area contributed by atoms with Gasteiger partial charge in [-0.2, -0.15) is 0 Å². The first-order valence-electron chi connectivity index (χ1n) is 38.4. The molecule has 0 bridgehead atoms. The van der Waals surface area contributed by atoms with Gasteiger partial charge < -0.3 is 33.8 Å². The molecule has 4 radical (unpaired) electrons. The Morgan fingerprint density at radius 2 is 0.966 bits per heavy atom. The van der Waals surface area contributed by atoms with Gasteiger partial charge in [0, 0.05) is 122 Å². The van der Waals surface area contributed by atoms with Gasteiger partial charge in [-0.1, -0.05) is 287 Å². The van der Waals surface area contributed by atoms with E-state index in [1.54, 1.807) is 18.2 Å². The van der Waals surface area contributed by atoms with Crippen molar-refractivity contribution in [3.63, 3.8) is 0 Å². The zero-order valence-electron chi connectivity index (χ0n) is 68.0. The van der Waals surface area contributed by atoms with Gasteiger partial charge >= 0.3 is 0 Å². The van der Waals surface area contributed by atoms with Crippen LogP contribution in [0, 0.1) is 44.2 Å². The number of aromatic nitrogens is 6. The molecule has 2 aliphatic heterocycles. The van der Waals surface area contributed by atoms with Crippen LogP contribution in [0.1, 0.15) is 30.8 Å². The molecular formula is C96H92Ir4N6O4SSi5-4. The van der Waals surface area contributed by atoms with E-state index in [0.717, 1.165) is 112 Å². The van der Waals surface area contributed by atoms with Crippen molar-refractivity contribution in [1.29, 1.82) is 0 Å². The van der Waals surface area contributed by atoms with Gasteiger partial charge in [-0.05, 0) is 122 Å². The number of rotatable bonds is 12. The quantitative estimate of drug-likeness (QED) is 0.0858. The molecule has 0 amide bonds. The molecule has 0 N–H and O–H groups in total. The fourth-order valence-electron chi connectivity index (χ4n) is 15.5. The second kappa shape index (κ2) is 35.4. The average molecular weight is 2340 g/mol. The van der Waals surface area contributed by atoms with E-state index in [9.17, 15) is 8.42 Å². The number of fused-ring (bicyclic) bond motifs is 12. The summed E-state index contributed by atoms with van der Waals surface area (Å²) in [6.45, 7) is 36.7. The van der Waals surface area contributed by atoms with E-state index in [2.05, 4.69) is 307 Å². The van der Waals surface area contributed by atoms with E-state index in [0.29, 0.717) is 21.4 Å². The van der Waals surface area contributed by atoms with Crippen LogP contribution < -0.4 is 41.5 Å². The summed E-state index contributed by atoms with van der Waals surface area (Å²) in [6.07, 6.45) is 12.1. The zero-order valence-corrected chi connectivity index (χ0v) is 83.4. The van der Waals surface area contributed by atoms with Crippen molar-refractivity contribution in [2.75, 3.05) is 0 Å². The smallest absolute Gasteiger partial charge is 0.173 e. The fraction of sp³-hybridized carbons (Fsp3) is 0.188. The number of para-hydroxylation sites is 1. The van der Waals surface area contributed by atoms with Crippen LogP contribution >= 0.6 is 0 Å². The number of sulfone groups is 1. The molecule has 116 heavy (non-hydrogen) atoms. The van der Waals surface area contributed by atoms with Crippen molar-refractivity contribution in [3.05, 3.63) is 291 Å². The van der Waals surface area contributed by atoms with Gasteiger partial charge in [0.25, 0.3) is 0 Å². The molecule has 2 aliphatic rings. The molecule has 8 aromatic heterocycles. The van der Waals surface area contributed by atoms with Gasteiger partial charge in [0.2, 0.25) is 0 Å². The van der Waals surface area contributed by atoms with Crippen LogP contribution in [-0.2, 0) is 96.7 Å². The van der Waals surface area contributed by atoms with Gasteiger partial charge in [-0.25, -0.2) is 8.42 Å². The Balaban J connectivity index is 0.000000152. The first kappa shape index (κ1) is 88.7. The van der Waals surface area contributed by atoms with Crippen molar-refractivity contribution in [3.8, 4) is 67.3 Å². The molecule has 0 aliphatic carbocycles. The number of pyridine rings is 6. The van der Waals surface area contributed by atoms with E-state index >= 15 is 0 Å². The van der Waals surface area contributed by atoms with E-state index in [1.807, 2.05) is 74.9 Å². The maximum Gasteiger partial charge on any atom is 0.173 e. The summed E-state index contributed by atoms with van der Waals surface area (Å²) in [4.78, 5) is 28.3. The Labute approximate surface area is 742 Å². The minimum Gasteiger partial charge on any atom is -0.499 e. The first-order valence-corrected chi connectivity index (χ1v) is 55.9. The number of furan rings is 2. The largest absolute Gasteiger partial charge is 0.499 e. The standard InChI is InChI=1S/C32H28NSi2.C23H25N2OSi.C21H21N2OSi.C20H18NO2SSi.4Ir/c1-34(2,3)27-20-21-33-30(23-27)24-18-19-32-29(22-24)28-16-10-11-17-31(28)35(32,25-12-6-4-7-13-25)26-14-8-5-9-15-26;1-15(2)10-16-12-20(24-14-22(16)27(3,4)5)17-11-19-18-8-6-7-9-21(18)26-23(19)25-13-17;1-13-10-18-17-11-15(6-9-20(17)24-21(18)14(2)23-13)19-8-7-16(12-22-19)25(3,4)5;1-25(2,3)15-10-11-21-18(13-15)14-8-9-20-17(12-14)16-6-4-5-7-19(16)24(20,22)23;;;;/h4-17,19-23H,1-3H3;6-9,11-12,14-15H,10H2,1-5H3;7-12H,1-5H3;4-7,9-13H,1-3H3;;;;/q4*-1;;;;. The second-order valence-electron chi connectivity index (χ2n) is 34.0. The van der Waals surface area contributed by atoms with Gasteiger partial charge in [0.15, 0.2) is 9.84 Å². The Bertz CT molecular complexity index is 6360. The monoisotopic (exact) mass is 2340 g/mol.